The molecule has 1 unspecified atom stereocenters. The van der Waals surface area contributed by atoms with Crippen molar-refractivity contribution in [1.82, 2.24) is 25.5 Å². The van der Waals surface area contributed by atoms with Gasteiger partial charge >= 0.3 is 5.97 Å². The van der Waals surface area contributed by atoms with E-state index in [-0.39, 0.29) is 12.0 Å². The molecule has 7 heteroatoms. The van der Waals surface area contributed by atoms with Gasteiger partial charge in [0.1, 0.15) is 17.8 Å². The summed E-state index contributed by atoms with van der Waals surface area (Å²) >= 11 is 0. The number of carbonyl (C=O) groups is 1. The zero-order chi connectivity index (χ0) is 13.0. The predicted octanol–water partition coefficient (Wildman–Crippen LogP) is 0.770. The lowest BCUT2D eigenvalue weighted by atomic mass is 10.3. The molecule has 96 valence electrons. The van der Waals surface area contributed by atoms with E-state index >= 15 is 0 Å². The molecule has 0 aliphatic heterocycles. The van der Waals surface area contributed by atoms with Gasteiger partial charge in [-0.25, -0.2) is 9.78 Å². The summed E-state index contributed by atoms with van der Waals surface area (Å²) in [6, 6.07) is 3.59. The highest BCUT2D eigenvalue weighted by Gasteiger charge is 2.10. The summed E-state index contributed by atoms with van der Waals surface area (Å²) in [5, 5.41) is 9.84. The number of ether oxygens (including phenoxy) is 1. The van der Waals surface area contributed by atoms with Gasteiger partial charge < -0.3 is 15.0 Å². The van der Waals surface area contributed by atoms with Gasteiger partial charge in [-0.1, -0.05) is 0 Å². The maximum absolute atomic E-state index is 11.3. The van der Waals surface area contributed by atoms with E-state index in [1.807, 2.05) is 13.0 Å². The molecule has 18 heavy (non-hydrogen) atoms. The Balaban J connectivity index is 1.90. The van der Waals surface area contributed by atoms with E-state index in [0.717, 1.165) is 11.5 Å². The van der Waals surface area contributed by atoms with Crippen LogP contribution in [0.3, 0.4) is 0 Å². The Morgan fingerprint density at radius 2 is 2.39 bits per heavy atom. The fourth-order valence-corrected chi connectivity index (χ4v) is 1.56. The van der Waals surface area contributed by atoms with E-state index in [4.69, 9.17) is 0 Å². The first-order chi connectivity index (χ1) is 8.70. The van der Waals surface area contributed by atoms with Gasteiger partial charge in [-0.05, 0) is 19.1 Å². The van der Waals surface area contributed by atoms with Crippen molar-refractivity contribution in [2.75, 3.05) is 7.11 Å². The Morgan fingerprint density at radius 1 is 1.56 bits per heavy atom. The number of nitrogens with zero attached hydrogens (tertiary/aromatic N) is 2. The zero-order valence-corrected chi connectivity index (χ0v) is 10.2. The van der Waals surface area contributed by atoms with Crippen molar-refractivity contribution in [3.8, 4) is 0 Å². The van der Waals surface area contributed by atoms with Gasteiger partial charge in [0.15, 0.2) is 0 Å². The molecular weight excluding hydrogens is 234 g/mol. The van der Waals surface area contributed by atoms with Gasteiger partial charge in [-0.15, -0.1) is 0 Å². The Hall–Kier alpha value is -2.15. The molecule has 0 radical (unpaired) electrons. The van der Waals surface area contributed by atoms with Gasteiger partial charge in [0.2, 0.25) is 0 Å². The van der Waals surface area contributed by atoms with Gasteiger partial charge in [0.05, 0.1) is 13.2 Å². The number of hydrogen-bond acceptors (Lipinski definition) is 5. The maximum Gasteiger partial charge on any atom is 0.354 e. The number of esters is 1. The molecule has 2 rings (SSSR count). The number of rotatable bonds is 5. The smallest absolute Gasteiger partial charge is 0.354 e. The minimum absolute atomic E-state index is 0.0531. The molecule has 3 N–H and O–H groups in total. The van der Waals surface area contributed by atoms with E-state index in [0.29, 0.717) is 12.2 Å². The topological polar surface area (TPSA) is 95.7 Å². The summed E-state index contributed by atoms with van der Waals surface area (Å²) in [5.74, 6) is 0.402. The number of nitrogens with one attached hydrogen (secondary N) is 3. The van der Waals surface area contributed by atoms with Crippen molar-refractivity contribution in [3.63, 3.8) is 0 Å². The third kappa shape index (κ3) is 2.75. The number of H-pyrrole nitrogens is 2. The number of methoxy groups -OCH3 is 1. The van der Waals surface area contributed by atoms with Crippen LogP contribution < -0.4 is 5.32 Å². The average molecular weight is 249 g/mol. The normalized spacial score (nSPS) is 12.3. The molecule has 0 aliphatic carbocycles. The van der Waals surface area contributed by atoms with E-state index in [9.17, 15) is 4.79 Å². The second kappa shape index (κ2) is 5.46. The third-order valence-electron chi connectivity index (χ3n) is 2.59. The standard InChI is InChI=1S/C11H15N5O2/c1-7(10-13-6-14-16-10)12-5-8-3-4-9(15-8)11(17)18-2/h3-4,6-7,12,15H,5H2,1-2H3,(H,13,14,16). The van der Waals surface area contributed by atoms with Crippen LogP contribution in [-0.4, -0.2) is 33.2 Å². The van der Waals surface area contributed by atoms with Crippen molar-refractivity contribution in [1.29, 1.82) is 0 Å². The molecule has 0 aliphatic rings. The van der Waals surface area contributed by atoms with Crippen LogP contribution in [0.25, 0.3) is 0 Å². The highest BCUT2D eigenvalue weighted by Crippen LogP contribution is 2.07. The van der Waals surface area contributed by atoms with E-state index < -0.39 is 0 Å². The van der Waals surface area contributed by atoms with Crippen molar-refractivity contribution >= 4 is 5.97 Å². The Labute approximate surface area is 104 Å². The summed E-state index contributed by atoms with van der Waals surface area (Å²) in [6.45, 7) is 2.57. The second-order valence-corrected chi connectivity index (χ2v) is 3.86. The molecule has 2 aromatic rings. The largest absolute Gasteiger partial charge is 0.464 e. The summed E-state index contributed by atoms with van der Waals surface area (Å²) in [7, 11) is 1.35. The average Bonchev–Trinajstić information content (AvgIpc) is 3.05. The molecule has 0 aromatic carbocycles. The highest BCUT2D eigenvalue weighted by molar-refractivity contribution is 5.87. The van der Waals surface area contributed by atoms with Crippen molar-refractivity contribution in [3.05, 3.63) is 35.7 Å². The summed E-state index contributed by atoms with van der Waals surface area (Å²) in [4.78, 5) is 18.3. The SMILES string of the molecule is COC(=O)c1ccc(CNC(C)c2ncn[nH]2)[nH]1. The molecule has 2 heterocycles. The van der Waals surface area contributed by atoms with Crippen LogP contribution in [0.15, 0.2) is 18.5 Å². The summed E-state index contributed by atoms with van der Waals surface area (Å²) in [6.07, 6.45) is 1.47. The fourth-order valence-electron chi connectivity index (χ4n) is 1.56. The van der Waals surface area contributed by atoms with Crippen LogP contribution in [0.2, 0.25) is 0 Å². The molecular formula is C11H15N5O2. The van der Waals surface area contributed by atoms with Crippen LogP contribution >= 0.6 is 0 Å². The molecule has 0 saturated heterocycles. The first-order valence-electron chi connectivity index (χ1n) is 5.55. The molecule has 1 atom stereocenters. The molecule has 2 aromatic heterocycles. The van der Waals surface area contributed by atoms with Gasteiger partial charge in [-0.2, -0.15) is 5.10 Å². The van der Waals surface area contributed by atoms with E-state index in [2.05, 4.69) is 30.2 Å². The van der Waals surface area contributed by atoms with Crippen LogP contribution in [0, 0.1) is 0 Å². The van der Waals surface area contributed by atoms with E-state index in [1.54, 1.807) is 6.07 Å². The summed E-state index contributed by atoms with van der Waals surface area (Å²) < 4.78 is 4.62. The lowest BCUT2D eigenvalue weighted by Gasteiger charge is -2.09. The van der Waals surface area contributed by atoms with Crippen molar-refractivity contribution in [2.24, 2.45) is 0 Å². The molecule has 0 saturated carbocycles. The Bertz CT molecular complexity index is 505. The molecule has 7 nitrogen and oxygen atoms in total. The van der Waals surface area contributed by atoms with Crippen molar-refractivity contribution < 1.29 is 9.53 Å². The molecule has 0 amide bonds. The number of aromatic amines is 2. The minimum Gasteiger partial charge on any atom is -0.464 e. The first-order valence-corrected chi connectivity index (χ1v) is 5.55. The van der Waals surface area contributed by atoms with Gasteiger partial charge in [-0.3, -0.25) is 5.10 Å². The lowest BCUT2D eigenvalue weighted by Crippen LogP contribution is -2.19. The maximum atomic E-state index is 11.3. The summed E-state index contributed by atoms with van der Waals surface area (Å²) in [5.41, 5.74) is 1.35. The van der Waals surface area contributed by atoms with Crippen LogP contribution in [0.5, 0.6) is 0 Å². The minimum atomic E-state index is -0.371. The zero-order valence-electron chi connectivity index (χ0n) is 10.2. The quantitative estimate of drug-likeness (QED) is 0.680. The monoisotopic (exact) mass is 249 g/mol. The number of aromatic nitrogens is 4. The molecule has 0 fully saturated rings. The lowest BCUT2D eigenvalue weighted by molar-refractivity contribution is 0.0594. The highest BCUT2D eigenvalue weighted by atomic mass is 16.5. The van der Waals surface area contributed by atoms with Crippen LogP contribution in [-0.2, 0) is 11.3 Å². The number of carbonyl (C=O) groups excluding carboxylic acids is 1. The fraction of sp³-hybridized carbons (Fsp3) is 0.364. The first kappa shape index (κ1) is 12.3. The second-order valence-electron chi connectivity index (χ2n) is 3.86. The molecule has 0 spiro atoms. The van der Waals surface area contributed by atoms with Crippen LogP contribution in [0.4, 0.5) is 0 Å². The number of hydrogen-bond donors (Lipinski definition) is 3. The Morgan fingerprint density at radius 3 is 3.06 bits per heavy atom. The molecule has 0 bridgehead atoms. The predicted molar refractivity (Wildman–Crippen MR) is 63.8 cm³/mol. The van der Waals surface area contributed by atoms with Gasteiger partial charge in [0.25, 0.3) is 0 Å². The Kier molecular flexibility index (Phi) is 3.73. The van der Waals surface area contributed by atoms with Crippen molar-refractivity contribution in [2.45, 2.75) is 19.5 Å². The van der Waals surface area contributed by atoms with Crippen LogP contribution in [0.1, 0.15) is 35.0 Å². The van der Waals surface area contributed by atoms with E-state index in [1.165, 1.54) is 13.4 Å². The third-order valence-corrected chi connectivity index (χ3v) is 2.59. The van der Waals surface area contributed by atoms with Gasteiger partial charge in [0, 0.05) is 12.2 Å².